The Hall–Kier alpha value is -0.160. The first-order valence-electron chi connectivity index (χ1n) is 5.72. The summed E-state index contributed by atoms with van der Waals surface area (Å²) in [7, 11) is 3.48. The summed E-state index contributed by atoms with van der Waals surface area (Å²) in [6, 6.07) is 0. The van der Waals surface area contributed by atoms with Crippen molar-refractivity contribution in [1.82, 2.24) is 4.90 Å². The van der Waals surface area contributed by atoms with Crippen LogP contribution < -0.4 is 5.73 Å². The maximum absolute atomic E-state index is 5.89. The number of hydrogen-bond donors (Lipinski definition) is 1. The van der Waals surface area contributed by atoms with Gasteiger partial charge in [0.2, 0.25) is 0 Å². The normalized spacial score (nSPS) is 19.2. The van der Waals surface area contributed by atoms with E-state index in [0.717, 1.165) is 32.8 Å². The molecule has 0 radical (unpaired) electrons. The predicted molar refractivity (Wildman–Crippen MR) is 61.0 cm³/mol. The maximum atomic E-state index is 5.89. The summed E-state index contributed by atoms with van der Waals surface area (Å²) in [5.74, 6) is 0. The van der Waals surface area contributed by atoms with Gasteiger partial charge < -0.3 is 15.2 Å². The molecule has 0 spiro atoms. The van der Waals surface area contributed by atoms with E-state index in [1.165, 1.54) is 19.3 Å². The van der Waals surface area contributed by atoms with Crippen molar-refractivity contribution in [2.75, 3.05) is 47.1 Å². The van der Waals surface area contributed by atoms with Gasteiger partial charge in [0.05, 0.1) is 13.2 Å². The Bertz CT molecular complexity index is 158. The van der Waals surface area contributed by atoms with Crippen LogP contribution in [0.4, 0.5) is 0 Å². The van der Waals surface area contributed by atoms with Gasteiger partial charge in [-0.1, -0.05) is 0 Å². The highest BCUT2D eigenvalue weighted by molar-refractivity contribution is 4.98. The van der Waals surface area contributed by atoms with E-state index in [-0.39, 0.29) is 5.54 Å². The molecule has 1 saturated carbocycles. The Morgan fingerprint density at radius 2 is 1.67 bits per heavy atom. The Morgan fingerprint density at radius 3 is 1.93 bits per heavy atom. The third-order valence-electron chi connectivity index (χ3n) is 3.47. The van der Waals surface area contributed by atoms with Gasteiger partial charge in [0.15, 0.2) is 0 Å². The third-order valence-corrected chi connectivity index (χ3v) is 3.47. The van der Waals surface area contributed by atoms with Crippen molar-refractivity contribution in [2.45, 2.75) is 24.8 Å². The monoisotopic (exact) mass is 216 g/mol. The zero-order chi connectivity index (χ0) is 11.1. The first-order valence-corrected chi connectivity index (χ1v) is 5.72. The number of hydrogen-bond acceptors (Lipinski definition) is 4. The largest absolute Gasteiger partial charge is 0.383 e. The highest BCUT2D eigenvalue weighted by Crippen LogP contribution is 2.36. The van der Waals surface area contributed by atoms with Crippen molar-refractivity contribution >= 4 is 0 Å². The summed E-state index contributed by atoms with van der Waals surface area (Å²) < 4.78 is 10.3. The highest BCUT2D eigenvalue weighted by Gasteiger charge is 2.40. The quantitative estimate of drug-likeness (QED) is 0.640. The molecular formula is C11H24N2O2. The van der Waals surface area contributed by atoms with Crippen molar-refractivity contribution in [2.24, 2.45) is 5.73 Å². The van der Waals surface area contributed by atoms with E-state index in [0.29, 0.717) is 0 Å². The molecule has 0 atom stereocenters. The fraction of sp³-hybridized carbons (Fsp3) is 1.00. The molecule has 1 aliphatic carbocycles. The van der Waals surface area contributed by atoms with Crippen molar-refractivity contribution in [3.05, 3.63) is 0 Å². The second-order valence-corrected chi connectivity index (χ2v) is 4.25. The SMILES string of the molecule is COCCN(CCOC)C1(CN)CCC1. The smallest absolute Gasteiger partial charge is 0.0589 e. The van der Waals surface area contributed by atoms with E-state index in [4.69, 9.17) is 15.2 Å². The standard InChI is InChI=1S/C11H24N2O2/c1-14-8-6-13(7-9-15-2)11(10-12)4-3-5-11/h3-10,12H2,1-2H3. The molecule has 0 aromatic rings. The Labute approximate surface area is 92.7 Å². The van der Waals surface area contributed by atoms with Crippen molar-refractivity contribution < 1.29 is 9.47 Å². The van der Waals surface area contributed by atoms with Gasteiger partial charge in [0, 0.05) is 39.4 Å². The van der Waals surface area contributed by atoms with Crippen LogP contribution in [0.5, 0.6) is 0 Å². The maximum Gasteiger partial charge on any atom is 0.0589 e. The Kier molecular flexibility index (Phi) is 5.53. The number of nitrogens with two attached hydrogens (primary N) is 1. The minimum absolute atomic E-state index is 0.233. The molecule has 1 fully saturated rings. The van der Waals surface area contributed by atoms with Gasteiger partial charge in [0.25, 0.3) is 0 Å². The van der Waals surface area contributed by atoms with Crippen LogP contribution in [0.1, 0.15) is 19.3 Å². The van der Waals surface area contributed by atoms with Crippen LogP contribution in [0.3, 0.4) is 0 Å². The van der Waals surface area contributed by atoms with Crippen molar-refractivity contribution in [1.29, 1.82) is 0 Å². The summed E-state index contributed by atoms with van der Waals surface area (Å²) in [4.78, 5) is 2.43. The molecule has 2 N–H and O–H groups in total. The van der Waals surface area contributed by atoms with Gasteiger partial charge in [0.1, 0.15) is 0 Å². The number of methoxy groups -OCH3 is 2. The second kappa shape index (κ2) is 6.43. The molecule has 0 heterocycles. The van der Waals surface area contributed by atoms with Gasteiger partial charge in [-0.2, -0.15) is 0 Å². The molecule has 0 aromatic carbocycles. The zero-order valence-corrected chi connectivity index (χ0v) is 10.00. The molecule has 1 aliphatic rings. The average Bonchev–Trinajstić information content (AvgIpc) is 2.20. The van der Waals surface area contributed by atoms with Gasteiger partial charge in [-0.15, -0.1) is 0 Å². The number of rotatable bonds is 8. The first kappa shape index (κ1) is 12.9. The fourth-order valence-corrected chi connectivity index (χ4v) is 2.22. The lowest BCUT2D eigenvalue weighted by molar-refractivity contribution is -0.00879. The topological polar surface area (TPSA) is 47.7 Å². The van der Waals surface area contributed by atoms with Crippen molar-refractivity contribution in [3.8, 4) is 0 Å². The van der Waals surface area contributed by atoms with Crippen LogP contribution in [0.15, 0.2) is 0 Å². The molecule has 0 saturated heterocycles. The Balaban J connectivity index is 2.45. The lowest BCUT2D eigenvalue weighted by Crippen LogP contribution is -2.59. The van der Waals surface area contributed by atoms with E-state index in [1.54, 1.807) is 14.2 Å². The van der Waals surface area contributed by atoms with Gasteiger partial charge in [-0.05, 0) is 19.3 Å². The summed E-state index contributed by atoms with van der Waals surface area (Å²) in [6.45, 7) is 4.20. The van der Waals surface area contributed by atoms with Gasteiger partial charge >= 0.3 is 0 Å². The van der Waals surface area contributed by atoms with Crippen LogP contribution in [0, 0.1) is 0 Å². The molecule has 0 bridgehead atoms. The van der Waals surface area contributed by atoms with Gasteiger partial charge in [-0.25, -0.2) is 0 Å². The second-order valence-electron chi connectivity index (χ2n) is 4.25. The number of ether oxygens (including phenoxy) is 2. The minimum Gasteiger partial charge on any atom is -0.383 e. The molecule has 4 nitrogen and oxygen atoms in total. The van der Waals surface area contributed by atoms with E-state index >= 15 is 0 Å². The molecule has 0 aromatic heterocycles. The molecule has 90 valence electrons. The highest BCUT2D eigenvalue weighted by atomic mass is 16.5. The summed E-state index contributed by atoms with van der Waals surface area (Å²) in [5, 5.41) is 0. The van der Waals surface area contributed by atoms with Crippen LogP contribution in [-0.4, -0.2) is 57.5 Å². The van der Waals surface area contributed by atoms with E-state index in [2.05, 4.69) is 4.90 Å². The van der Waals surface area contributed by atoms with Crippen molar-refractivity contribution in [3.63, 3.8) is 0 Å². The molecule has 15 heavy (non-hydrogen) atoms. The summed E-state index contributed by atoms with van der Waals surface area (Å²) >= 11 is 0. The van der Waals surface area contributed by atoms with E-state index in [1.807, 2.05) is 0 Å². The van der Waals surface area contributed by atoms with Crippen LogP contribution in [0.25, 0.3) is 0 Å². The zero-order valence-electron chi connectivity index (χ0n) is 10.00. The van der Waals surface area contributed by atoms with E-state index in [9.17, 15) is 0 Å². The predicted octanol–water partition coefficient (Wildman–Crippen LogP) is 0.463. The number of nitrogens with zero attached hydrogens (tertiary/aromatic N) is 1. The summed E-state index contributed by atoms with van der Waals surface area (Å²) in [6.07, 6.45) is 3.74. The minimum atomic E-state index is 0.233. The fourth-order valence-electron chi connectivity index (χ4n) is 2.22. The third kappa shape index (κ3) is 3.14. The average molecular weight is 216 g/mol. The van der Waals surface area contributed by atoms with Gasteiger partial charge in [-0.3, -0.25) is 4.90 Å². The molecule has 0 aliphatic heterocycles. The van der Waals surface area contributed by atoms with Crippen LogP contribution in [-0.2, 0) is 9.47 Å². The van der Waals surface area contributed by atoms with E-state index < -0.39 is 0 Å². The molecule has 0 amide bonds. The molecular weight excluding hydrogens is 192 g/mol. The lowest BCUT2D eigenvalue weighted by Gasteiger charge is -2.50. The molecule has 4 heteroatoms. The Morgan fingerprint density at radius 1 is 1.13 bits per heavy atom. The van der Waals surface area contributed by atoms with Crippen LogP contribution in [0.2, 0.25) is 0 Å². The first-order chi connectivity index (χ1) is 7.29. The lowest BCUT2D eigenvalue weighted by atomic mass is 9.75. The van der Waals surface area contributed by atoms with Crippen LogP contribution >= 0.6 is 0 Å². The molecule has 1 rings (SSSR count). The summed E-state index contributed by atoms with van der Waals surface area (Å²) in [5.41, 5.74) is 6.12. The molecule has 0 unspecified atom stereocenters.